The number of aliphatic hydroxyl groups is 1. The van der Waals surface area contributed by atoms with Crippen molar-refractivity contribution in [2.75, 3.05) is 11.9 Å². The van der Waals surface area contributed by atoms with Crippen LogP contribution in [0.4, 0.5) is 5.82 Å². The minimum Gasteiger partial charge on any atom is -0.472 e. The molecule has 90 valence electrons. The number of aromatic nitrogens is 2. The highest BCUT2D eigenvalue weighted by Crippen LogP contribution is 2.19. The van der Waals surface area contributed by atoms with Crippen LogP contribution in [0.3, 0.4) is 0 Å². The molecule has 0 saturated carbocycles. The van der Waals surface area contributed by atoms with Gasteiger partial charge >= 0.3 is 0 Å². The molecule has 0 aliphatic rings. The Bertz CT molecular complexity index is 318. The van der Waals surface area contributed by atoms with Gasteiger partial charge in [0.1, 0.15) is 0 Å². The largest absolute Gasteiger partial charge is 0.472 e. The average Bonchev–Trinajstić information content (AvgIpc) is 2.20. The first-order valence-corrected chi connectivity index (χ1v) is 5.48. The molecule has 2 N–H and O–H groups in total. The fourth-order valence-electron chi connectivity index (χ4n) is 1.23. The molecule has 0 fully saturated rings. The molecule has 5 nitrogen and oxygen atoms in total. The van der Waals surface area contributed by atoms with Gasteiger partial charge in [0.2, 0.25) is 0 Å². The van der Waals surface area contributed by atoms with Gasteiger partial charge in [0.15, 0.2) is 5.82 Å². The van der Waals surface area contributed by atoms with Crippen LogP contribution in [0.25, 0.3) is 0 Å². The zero-order valence-corrected chi connectivity index (χ0v) is 9.97. The Balaban J connectivity index is 2.70. The van der Waals surface area contributed by atoms with Gasteiger partial charge in [-0.05, 0) is 27.2 Å². The second-order valence-corrected chi connectivity index (χ2v) is 3.93. The van der Waals surface area contributed by atoms with Gasteiger partial charge < -0.3 is 15.2 Å². The smallest absolute Gasteiger partial charge is 0.257 e. The number of ether oxygens (including phenoxy) is 1. The van der Waals surface area contributed by atoms with Crippen LogP contribution in [0.5, 0.6) is 5.88 Å². The molecule has 1 unspecified atom stereocenters. The second kappa shape index (κ2) is 6.27. The lowest BCUT2D eigenvalue weighted by atomic mass is 10.2. The van der Waals surface area contributed by atoms with E-state index in [0.717, 1.165) is 0 Å². The van der Waals surface area contributed by atoms with E-state index in [0.29, 0.717) is 18.1 Å². The third-order valence-corrected chi connectivity index (χ3v) is 1.96. The molecule has 16 heavy (non-hydrogen) atoms. The molecule has 0 aromatic carbocycles. The zero-order valence-electron chi connectivity index (χ0n) is 9.97. The summed E-state index contributed by atoms with van der Waals surface area (Å²) in [6.07, 6.45) is 3.93. The molecule has 0 amide bonds. The van der Waals surface area contributed by atoms with E-state index in [1.54, 1.807) is 12.4 Å². The van der Waals surface area contributed by atoms with Crippen LogP contribution < -0.4 is 10.1 Å². The number of aliphatic hydroxyl groups excluding tert-OH is 1. The van der Waals surface area contributed by atoms with Crippen molar-refractivity contribution in [1.29, 1.82) is 0 Å². The molecule has 0 bridgehead atoms. The van der Waals surface area contributed by atoms with Crippen LogP contribution in [0, 0.1) is 0 Å². The van der Waals surface area contributed by atoms with E-state index in [1.807, 2.05) is 20.8 Å². The summed E-state index contributed by atoms with van der Waals surface area (Å²) in [6, 6.07) is 0.135. The Morgan fingerprint density at radius 1 is 1.31 bits per heavy atom. The van der Waals surface area contributed by atoms with E-state index in [1.165, 1.54) is 0 Å². The highest BCUT2D eigenvalue weighted by atomic mass is 16.5. The number of hydrogen-bond donors (Lipinski definition) is 2. The monoisotopic (exact) mass is 225 g/mol. The van der Waals surface area contributed by atoms with Crippen molar-refractivity contribution in [3.8, 4) is 5.88 Å². The van der Waals surface area contributed by atoms with E-state index in [9.17, 15) is 0 Å². The lowest BCUT2D eigenvalue weighted by molar-refractivity contribution is 0.232. The Morgan fingerprint density at radius 2 is 2.00 bits per heavy atom. The minimum absolute atomic E-state index is 0.0606. The average molecular weight is 225 g/mol. The Kier molecular flexibility index (Phi) is 4.98. The normalized spacial score (nSPS) is 12.6. The summed E-state index contributed by atoms with van der Waals surface area (Å²) in [5.41, 5.74) is 0. The van der Waals surface area contributed by atoms with Gasteiger partial charge in [-0.3, -0.25) is 0 Å². The molecule has 1 aromatic heterocycles. The van der Waals surface area contributed by atoms with Crippen molar-refractivity contribution in [3.63, 3.8) is 0 Å². The summed E-state index contributed by atoms with van der Waals surface area (Å²) >= 11 is 0. The number of nitrogens with zero attached hydrogens (tertiary/aromatic N) is 2. The minimum atomic E-state index is 0.0606. The Labute approximate surface area is 95.9 Å². The van der Waals surface area contributed by atoms with Crippen LogP contribution >= 0.6 is 0 Å². The molecule has 5 heteroatoms. The quantitative estimate of drug-likeness (QED) is 0.767. The van der Waals surface area contributed by atoms with Crippen molar-refractivity contribution < 1.29 is 9.84 Å². The van der Waals surface area contributed by atoms with Gasteiger partial charge in [-0.15, -0.1) is 0 Å². The SMILES string of the molecule is CC(CCO)Nc1nccnc1OC(C)C. The first-order valence-electron chi connectivity index (χ1n) is 5.48. The molecule has 0 radical (unpaired) electrons. The number of nitrogens with one attached hydrogen (secondary N) is 1. The Hall–Kier alpha value is -1.36. The van der Waals surface area contributed by atoms with E-state index in [-0.39, 0.29) is 18.8 Å². The first kappa shape index (κ1) is 12.7. The molecule has 1 rings (SSSR count). The van der Waals surface area contributed by atoms with Crippen LogP contribution in [0.15, 0.2) is 12.4 Å². The van der Waals surface area contributed by atoms with Gasteiger partial charge in [-0.1, -0.05) is 0 Å². The van der Waals surface area contributed by atoms with E-state index in [4.69, 9.17) is 9.84 Å². The predicted octanol–water partition coefficient (Wildman–Crippen LogP) is 1.45. The maximum atomic E-state index is 8.82. The van der Waals surface area contributed by atoms with Gasteiger partial charge in [0.25, 0.3) is 5.88 Å². The summed E-state index contributed by atoms with van der Waals surface area (Å²) in [5, 5.41) is 12.0. The first-order chi connectivity index (χ1) is 7.63. The molecule has 1 heterocycles. The van der Waals surface area contributed by atoms with E-state index in [2.05, 4.69) is 15.3 Å². The molecule has 0 saturated heterocycles. The van der Waals surface area contributed by atoms with E-state index < -0.39 is 0 Å². The van der Waals surface area contributed by atoms with Crippen LogP contribution in [-0.4, -0.2) is 33.8 Å². The van der Waals surface area contributed by atoms with Gasteiger partial charge in [-0.2, -0.15) is 0 Å². The molecule has 0 spiro atoms. The van der Waals surface area contributed by atoms with Gasteiger partial charge in [0, 0.05) is 25.0 Å². The third kappa shape index (κ3) is 4.02. The van der Waals surface area contributed by atoms with E-state index >= 15 is 0 Å². The van der Waals surface area contributed by atoms with Crippen LogP contribution in [0.2, 0.25) is 0 Å². The van der Waals surface area contributed by atoms with Crippen molar-refractivity contribution in [2.24, 2.45) is 0 Å². The van der Waals surface area contributed by atoms with Crippen LogP contribution in [0.1, 0.15) is 27.2 Å². The standard InChI is InChI=1S/C11H19N3O2/c1-8(2)16-11-10(12-5-6-13-11)14-9(3)4-7-15/h5-6,8-9,15H,4,7H2,1-3H3,(H,12,14). The maximum absolute atomic E-state index is 8.82. The topological polar surface area (TPSA) is 67.3 Å². The summed E-state index contributed by atoms with van der Waals surface area (Å²) in [6.45, 7) is 6.00. The Morgan fingerprint density at radius 3 is 2.62 bits per heavy atom. The second-order valence-electron chi connectivity index (χ2n) is 3.93. The molecular formula is C11H19N3O2. The van der Waals surface area contributed by atoms with Gasteiger partial charge in [-0.25, -0.2) is 9.97 Å². The fourth-order valence-corrected chi connectivity index (χ4v) is 1.23. The number of anilines is 1. The maximum Gasteiger partial charge on any atom is 0.257 e. The highest BCUT2D eigenvalue weighted by Gasteiger charge is 2.10. The lowest BCUT2D eigenvalue weighted by Crippen LogP contribution is -2.19. The molecule has 0 aliphatic heterocycles. The highest BCUT2D eigenvalue weighted by molar-refractivity contribution is 5.45. The van der Waals surface area contributed by atoms with Crippen molar-refractivity contribution in [3.05, 3.63) is 12.4 Å². The fraction of sp³-hybridized carbons (Fsp3) is 0.636. The molecule has 1 atom stereocenters. The molecular weight excluding hydrogens is 206 g/mol. The number of hydrogen-bond acceptors (Lipinski definition) is 5. The summed E-state index contributed by atoms with van der Waals surface area (Å²) < 4.78 is 5.53. The van der Waals surface area contributed by atoms with Crippen molar-refractivity contribution in [1.82, 2.24) is 9.97 Å². The van der Waals surface area contributed by atoms with Gasteiger partial charge in [0.05, 0.1) is 6.10 Å². The molecule has 1 aromatic rings. The summed E-state index contributed by atoms with van der Waals surface area (Å²) in [4.78, 5) is 8.30. The van der Waals surface area contributed by atoms with Crippen molar-refractivity contribution in [2.45, 2.75) is 39.3 Å². The molecule has 0 aliphatic carbocycles. The summed E-state index contributed by atoms with van der Waals surface area (Å²) in [5.74, 6) is 1.12. The number of rotatable bonds is 6. The zero-order chi connectivity index (χ0) is 12.0. The predicted molar refractivity (Wildman–Crippen MR) is 62.6 cm³/mol. The third-order valence-electron chi connectivity index (χ3n) is 1.96. The summed E-state index contributed by atoms with van der Waals surface area (Å²) in [7, 11) is 0. The lowest BCUT2D eigenvalue weighted by Gasteiger charge is -2.16. The van der Waals surface area contributed by atoms with Crippen LogP contribution in [-0.2, 0) is 0 Å². The van der Waals surface area contributed by atoms with Crippen molar-refractivity contribution >= 4 is 5.82 Å².